The minimum atomic E-state index is 0.720. The van der Waals surface area contributed by atoms with Gasteiger partial charge in [0.15, 0.2) is 0 Å². The average Bonchev–Trinajstić information content (AvgIpc) is 2.19. The summed E-state index contributed by atoms with van der Waals surface area (Å²) in [7, 11) is 0. The van der Waals surface area contributed by atoms with Crippen LogP contribution in [0.5, 0.6) is 0 Å². The number of hydrogen-bond donors (Lipinski definition) is 1. The van der Waals surface area contributed by atoms with E-state index in [1.807, 2.05) is 6.07 Å². The molecule has 0 saturated heterocycles. The smallest absolute Gasteiger partial charge is 0.0181 e. The van der Waals surface area contributed by atoms with E-state index >= 15 is 0 Å². The highest BCUT2D eigenvalue weighted by Crippen LogP contribution is 2.21. The number of halogens is 1. The zero-order valence-corrected chi connectivity index (χ0v) is 10.0. The molecular formula is C12H16BrN. The molecule has 0 saturated carbocycles. The maximum Gasteiger partial charge on any atom is 0.0181 e. The fourth-order valence-corrected chi connectivity index (χ4v) is 1.81. The Balaban J connectivity index is 2.89. The molecule has 0 aromatic heterocycles. The summed E-state index contributed by atoms with van der Waals surface area (Å²) in [5.74, 6) is 0. The van der Waals surface area contributed by atoms with Crippen LogP contribution in [0.15, 0.2) is 34.8 Å². The molecule has 14 heavy (non-hydrogen) atoms. The van der Waals surface area contributed by atoms with Crippen molar-refractivity contribution >= 4 is 21.5 Å². The van der Waals surface area contributed by atoms with E-state index < -0.39 is 0 Å². The van der Waals surface area contributed by atoms with Crippen molar-refractivity contribution < 1.29 is 0 Å². The van der Waals surface area contributed by atoms with Gasteiger partial charge in [0.25, 0.3) is 0 Å². The second kappa shape index (κ2) is 5.99. The van der Waals surface area contributed by atoms with Crippen LogP contribution < -0.4 is 5.73 Å². The summed E-state index contributed by atoms with van der Waals surface area (Å²) in [4.78, 5) is 0. The lowest BCUT2D eigenvalue weighted by molar-refractivity contribution is 1.00. The third-order valence-corrected chi connectivity index (χ3v) is 2.63. The Labute approximate surface area is 94.1 Å². The summed E-state index contributed by atoms with van der Waals surface area (Å²) in [6.45, 7) is 2.89. The molecule has 0 amide bonds. The molecule has 0 bridgehead atoms. The molecule has 0 spiro atoms. The molecule has 0 fully saturated rings. The summed E-state index contributed by atoms with van der Waals surface area (Å²) < 4.78 is 1.13. The van der Waals surface area contributed by atoms with Gasteiger partial charge in [0.05, 0.1) is 0 Å². The van der Waals surface area contributed by atoms with Gasteiger partial charge in [0, 0.05) is 4.47 Å². The Morgan fingerprint density at radius 1 is 1.50 bits per heavy atom. The third kappa shape index (κ3) is 3.28. The van der Waals surface area contributed by atoms with Gasteiger partial charge in [-0.1, -0.05) is 41.1 Å². The normalized spacial score (nSPS) is 11.8. The van der Waals surface area contributed by atoms with E-state index in [1.165, 1.54) is 11.1 Å². The Bertz CT molecular complexity index is 318. The predicted molar refractivity (Wildman–Crippen MR) is 66.1 cm³/mol. The number of hydrogen-bond acceptors (Lipinski definition) is 1. The van der Waals surface area contributed by atoms with E-state index in [0.29, 0.717) is 0 Å². The van der Waals surface area contributed by atoms with Crippen molar-refractivity contribution in [2.45, 2.75) is 19.8 Å². The second-order valence-corrected chi connectivity index (χ2v) is 4.09. The Hall–Kier alpha value is -0.600. The molecular weight excluding hydrogens is 238 g/mol. The first-order valence-corrected chi connectivity index (χ1v) is 5.72. The monoisotopic (exact) mass is 253 g/mol. The Morgan fingerprint density at radius 3 is 2.86 bits per heavy atom. The van der Waals surface area contributed by atoms with Crippen LogP contribution >= 0.6 is 15.9 Å². The predicted octanol–water partition coefficient (Wildman–Crippen LogP) is 3.59. The molecule has 1 aromatic rings. The highest BCUT2D eigenvalue weighted by Gasteiger charge is 1.98. The lowest BCUT2D eigenvalue weighted by atomic mass is 10.0. The third-order valence-electron chi connectivity index (χ3n) is 2.13. The highest BCUT2D eigenvalue weighted by molar-refractivity contribution is 9.10. The number of nitrogens with two attached hydrogens (primary N) is 1. The average molecular weight is 254 g/mol. The topological polar surface area (TPSA) is 26.0 Å². The molecule has 1 nitrogen and oxygen atoms in total. The Morgan fingerprint density at radius 2 is 2.29 bits per heavy atom. The summed E-state index contributed by atoms with van der Waals surface area (Å²) >= 11 is 3.48. The van der Waals surface area contributed by atoms with E-state index in [2.05, 4.69) is 47.1 Å². The van der Waals surface area contributed by atoms with Crippen molar-refractivity contribution in [3.05, 3.63) is 40.4 Å². The van der Waals surface area contributed by atoms with Crippen LogP contribution in [-0.4, -0.2) is 6.54 Å². The largest absolute Gasteiger partial charge is 0.330 e. The zero-order chi connectivity index (χ0) is 10.4. The highest BCUT2D eigenvalue weighted by atomic mass is 79.9. The first-order valence-electron chi connectivity index (χ1n) is 4.93. The Kier molecular flexibility index (Phi) is 4.91. The maximum atomic E-state index is 5.49. The summed E-state index contributed by atoms with van der Waals surface area (Å²) in [6.07, 6.45) is 4.23. The van der Waals surface area contributed by atoms with Crippen LogP contribution in [0.1, 0.15) is 25.3 Å². The molecule has 0 heterocycles. The van der Waals surface area contributed by atoms with Gasteiger partial charge in [0.2, 0.25) is 0 Å². The van der Waals surface area contributed by atoms with E-state index in [0.717, 1.165) is 23.9 Å². The molecule has 0 atom stereocenters. The fourth-order valence-electron chi connectivity index (χ4n) is 1.41. The van der Waals surface area contributed by atoms with Crippen LogP contribution in [0.25, 0.3) is 5.57 Å². The molecule has 2 heteroatoms. The van der Waals surface area contributed by atoms with E-state index in [4.69, 9.17) is 5.73 Å². The van der Waals surface area contributed by atoms with Crippen LogP contribution in [0, 0.1) is 0 Å². The van der Waals surface area contributed by atoms with Crippen molar-refractivity contribution in [3.63, 3.8) is 0 Å². The summed E-state index contributed by atoms with van der Waals surface area (Å²) in [5, 5.41) is 0. The number of benzene rings is 1. The minimum absolute atomic E-state index is 0.720. The van der Waals surface area contributed by atoms with Crippen molar-refractivity contribution in [3.8, 4) is 0 Å². The van der Waals surface area contributed by atoms with Gasteiger partial charge in [-0.2, -0.15) is 0 Å². The van der Waals surface area contributed by atoms with Crippen molar-refractivity contribution in [2.75, 3.05) is 6.54 Å². The fraction of sp³-hybridized carbons (Fsp3) is 0.333. The second-order valence-electron chi connectivity index (χ2n) is 3.17. The molecule has 1 rings (SSSR count). The molecule has 0 aliphatic heterocycles. The van der Waals surface area contributed by atoms with Gasteiger partial charge in [-0.25, -0.2) is 0 Å². The minimum Gasteiger partial charge on any atom is -0.330 e. The quantitative estimate of drug-likeness (QED) is 0.872. The molecule has 0 aliphatic rings. The van der Waals surface area contributed by atoms with Gasteiger partial charge in [-0.05, 0) is 42.7 Å². The first-order chi connectivity index (χ1) is 6.77. The van der Waals surface area contributed by atoms with Crippen LogP contribution in [-0.2, 0) is 0 Å². The lowest BCUT2D eigenvalue weighted by Crippen LogP contribution is -1.96. The number of rotatable bonds is 4. The van der Waals surface area contributed by atoms with Crippen molar-refractivity contribution in [1.82, 2.24) is 0 Å². The van der Waals surface area contributed by atoms with Gasteiger partial charge >= 0.3 is 0 Å². The van der Waals surface area contributed by atoms with Crippen LogP contribution in [0.2, 0.25) is 0 Å². The molecule has 2 N–H and O–H groups in total. The van der Waals surface area contributed by atoms with E-state index in [9.17, 15) is 0 Å². The molecule has 0 radical (unpaired) electrons. The molecule has 0 aliphatic carbocycles. The maximum absolute atomic E-state index is 5.49. The van der Waals surface area contributed by atoms with Gasteiger partial charge in [0.1, 0.15) is 0 Å². The van der Waals surface area contributed by atoms with Gasteiger partial charge in [-0.15, -0.1) is 0 Å². The molecule has 0 unspecified atom stereocenters. The summed E-state index contributed by atoms with van der Waals surface area (Å²) in [5.41, 5.74) is 8.14. The van der Waals surface area contributed by atoms with E-state index in [1.54, 1.807) is 0 Å². The van der Waals surface area contributed by atoms with Crippen LogP contribution in [0.4, 0.5) is 0 Å². The van der Waals surface area contributed by atoms with Crippen LogP contribution in [0.3, 0.4) is 0 Å². The zero-order valence-electron chi connectivity index (χ0n) is 8.46. The van der Waals surface area contributed by atoms with Gasteiger partial charge < -0.3 is 5.73 Å². The standard InChI is InChI=1S/C12H16BrN/c1-2-10(6-4-8-14)11-5-3-7-12(13)9-11/h3,5-7,9H,2,4,8,14H2,1H3/b10-6-. The molecule has 1 aromatic carbocycles. The van der Waals surface area contributed by atoms with Crippen molar-refractivity contribution in [1.29, 1.82) is 0 Å². The van der Waals surface area contributed by atoms with Crippen molar-refractivity contribution in [2.24, 2.45) is 5.73 Å². The SMILES string of the molecule is CC/C(=C/CCN)c1cccc(Br)c1. The lowest BCUT2D eigenvalue weighted by Gasteiger charge is -2.05. The van der Waals surface area contributed by atoms with Gasteiger partial charge in [-0.3, -0.25) is 0 Å². The first kappa shape index (κ1) is 11.5. The summed E-state index contributed by atoms with van der Waals surface area (Å²) in [6, 6.07) is 8.38. The van der Waals surface area contributed by atoms with E-state index in [-0.39, 0.29) is 0 Å². The molecule has 76 valence electrons. The number of allylic oxidation sites excluding steroid dienone is 1.